The minimum atomic E-state index is -0.291. The van der Waals surface area contributed by atoms with Gasteiger partial charge in [-0.2, -0.15) is 0 Å². The monoisotopic (exact) mass is 207 g/mol. The average Bonchev–Trinajstić information content (AvgIpc) is 2.17. The fourth-order valence-corrected chi connectivity index (χ4v) is 1.77. The number of rotatable bonds is 5. The molecule has 0 bridgehead atoms. The highest BCUT2D eigenvalue weighted by molar-refractivity contribution is 5.18. The maximum Gasteiger partial charge on any atom is 0.0560 e. The fourth-order valence-electron chi connectivity index (χ4n) is 1.77. The summed E-state index contributed by atoms with van der Waals surface area (Å²) >= 11 is 0. The van der Waals surface area contributed by atoms with Gasteiger partial charge in [-0.05, 0) is 24.3 Å². The van der Waals surface area contributed by atoms with Crippen molar-refractivity contribution in [3.63, 3.8) is 0 Å². The van der Waals surface area contributed by atoms with Gasteiger partial charge in [0.15, 0.2) is 0 Å². The number of hydrogen-bond acceptors (Lipinski definition) is 2. The van der Waals surface area contributed by atoms with Crippen molar-refractivity contribution >= 4 is 0 Å². The lowest BCUT2D eigenvalue weighted by Crippen LogP contribution is -2.20. The van der Waals surface area contributed by atoms with E-state index in [4.69, 9.17) is 5.73 Å². The Morgan fingerprint density at radius 1 is 1.13 bits per heavy atom. The number of benzene rings is 1. The largest absolute Gasteiger partial charge is 0.393 e. The van der Waals surface area contributed by atoms with Crippen LogP contribution >= 0.6 is 0 Å². The lowest BCUT2D eigenvalue weighted by atomic mass is 9.96. The van der Waals surface area contributed by atoms with Crippen molar-refractivity contribution < 1.29 is 5.11 Å². The van der Waals surface area contributed by atoms with Gasteiger partial charge in [0.05, 0.1) is 6.10 Å². The van der Waals surface area contributed by atoms with Gasteiger partial charge < -0.3 is 10.8 Å². The van der Waals surface area contributed by atoms with E-state index in [0.29, 0.717) is 12.3 Å². The van der Waals surface area contributed by atoms with Crippen molar-refractivity contribution in [3.05, 3.63) is 35.9 Å². The molecule has 0 spiro atoms. The molecule has 0 aliphatic heterocycles. The average molecular weight is 207 g/mol. The Bertz CT molecular complexity index is 271. The second kappa shape index (κ2) is 5.89. The van der Waals surface area contributed by atoms with Gasteiger partial charge in [0.1, 0.15) is 0 Å². The van der Waals surface area contributed by atoms with Crippen LogP contribution in [0.2, 0.25) is 0 Å². The SMILES string of the molecule is CC(C)C[C@@H](O)C[C@@H](N)c1ccccc1. The zero-order valence-corrected chi connectivity index (χ0v) is 9.56. The van der Waals surface area contributed by atoms with Gasteiger partial charge in [0.25, 0.3) is 0 Å². The Morgan fingerprint density at radius 3 is 2.27 bits per heavy atom. The summed E-state index contributed by atoms with van der Waals surface area (Å²) in [5, 5.41) is 9.77. The van der Waals surface area contributed by atoms with Crippen LogP contribution < -0.4 is 5.73 Å². The van der Waals surface area contributed by atoms with E-state index >= 15 is 0 Å². The van der Waals surface area contributed by atoms with E-state index < -0.39 is 0 Å². The van der Waals surface area contributed by atoms with Crippen LogP contribution in [0, 0.1) is 5.92 Å². The highest BCUT2D eigenvalue weighted by Gasteiger charge is 2.13. The molecule has 3 N–H and O–H groups in total. The quantitative estimate of drug-likeness (QED) is 0.779. The van der Waals surface area contributed by atoms with Crippen LogP contribution in [0.4, 0.5) is 0 Å². The first-order chi connectivity index (χ1) is 7.09. The summed E-state index contributed by atoms with van der Waals surface area (Å²) in [7, 11) is 0. The zero-order chi connectivity index (χ0) is 11.3. The van der Waals surface area contributed by atoms with E-state index in [-0.39, 0.29) is 12.1 Å². The van der Waals surface area contributed by atoms with Gasteiger partial charge in [-0.3, -0.25) is 0 Å². The normalized spacial score (nSPS) is 15.3. The van der Waals surface area contributed by atoms with Crippen LogP contribution in [0.25, 0.3) is 0 Å². The molecule has 0 unspecified atom stereocenters. The first-order valence-corrected chi connectivity index (χ1v) is 5.58. The Labute approximate surface area is 92.1 Å². The number of hydrogen-bond donors (Lipinski definition) is 2. The van der Waals surface area contributed by atoms with Crippen LogP contribution in [0.1, 0.15) is 38.3 Å². The van der Waals surface area contributed by atoms with Gasteiger partial charge in [-0.15, -0.1) is 0 Å². The molecule has 0 amide bonds. The van der Waals surface area contributed by atoms with Crippen molar-refractivity contribution in [2.24, 2.45) is 11.7 Å². The molecule has 2 atom stereocenters. The Balaban J connectivity index is 2.45. The molecule has 0 aliphatic carbocycles. The predicted octanol–water partition coefficient (Wildman–Crippen LogP) is 2.48. The van der Waals surface area contributed by atoms with E-state index in [0.717, 1.165) is 12.0 Å². The summed E-state index contributed by atoms with van der Waals surface area (Å²) in [5.41, 5.74) is 7.11. The van der Waals surface area contributed by atoms with Gasteiger partial charge >= 0.3 is 0 Å². The van der Waals surface area contributed by atoms with Gasteiger partial charge in [-0.25, -0.2) is 0 Å². The molecule has 84 valence electrons. The highest BCUT2D eigenvalue weighted by Crippen LogP contribution is 2.18. The Morgan fingerprint density at radius 2 is 1.73 bits per heavy atom. The summed E-state index contributed by atoms with van der Waals surface area (Å²) in [4.78, 5) is 0. The number of aliphatic hydroxyl groups excluding tert-OH is 1. The maximum absolute atomic E-state index is 9.77. The topological polar surface area (TPSA) is 46.2 Å². The third kappa shape index (κ3) is 4.45. The third-order valence-electron chi connectivity index (χ3n) is 2.50. The molecule has 0 saturated heterocycles. The molecule has 2 heteroatoms. The van der Waals surface area contributed by atoms with E-state index in [1.807, 2.05) is 30.3 Å². The summed E-state index contributed by atoms with van der Waals surface area (Å²) in [6, 6.07) is 9.88. The smallest absolute Gasteiger partial charge is 0.0560 e. The molecule has 0 saturated carbocycles. The number of nitrogens with two attached hydrogens (primary N) is 1. The van der Waals surface area contributed by atoms with Crippen LogP contribution in [0.15, 0.2) is 30.3 Å². The molecule has 15 heavy (non-hydrogen) atoms. The van der Waals surface area contributed by atoms with E-state index in [2.05, 4.69) is 13.8 Å². The van der Waals surface area contributed by atoms with Gasteiger partial charge in [-0.1, -0.05) is 44.2 Å². The summed E-state index contributed by atoms with van der Waals surface area (Å²) in [5.74, 6) is 0.517. The first kappa shape index (κ1) is 12.2. The maximum atomic E-state index is 9.77. The van der Waals surface area contributed by atoms with Gasteiger partial charge in [0, 0.05) is 6.04 Å². The fraction of sp³-hybridized carbons (Fsp3) is 0.538. The molecule has 0 aromatic heterocycles. The van der Waals surface area contributed by atoms with Crippen LogP contribution in [-0.4, -0.2) is 11.2 Å². The zero-order valence-electron chi connectivity index (χ0n) is 9.56. The second-order valence-corrected chi connectivity index (χ2v) is 4.54. The molecule has 2 nitrogen and oxygen atoms in total. The van der Waals surface area contributed by atoms with Crippen molar-refractivity contribution in [3.8, 4) is 0 Å². The molecule has 0 fully saturated rings. The van der Waals surface area contributed by atoms with Crippen molar-refractivity contribution in [1.29, 1.82) is 0 Å². The van der Waals surface area contributed by atoms with E-state index in [1.165, 1.54) is 0 Å². The van der Waals surface area contributed by atoms with Crippen molar-refractivity contribution in [2.75, 3.05) is 0 Å². The molecular formula is C13H21NO. The minimum Gasteiger partial charge on any atom is -0.393 e. The Kier molecular flexibility index (Phi) is 4.79. The third-order valence-corrected chi connectivity index (χ3v) is 2.50. The van der Waals surface area contributed by atoms with E-state index in [1.54, 1.807) is 0 Å². The lowest BCUT2D eigenvalue weighted by molar-refractivity contribution is 0.131. The summed E-state index contributed by atoms with van der Waals surface area (Å²) < 4.78 is 0. The number of aliphatic hydroxyl groups is 1. The molecular weight excluding hydrogens is 186 g/mol. The molecule has 0 radical (unpaired) electrons. The van der Waals surface area contributed by atoms with Crippen molar-refractivity contribution in [2.45, 2.75) is 38.8 Å². The van der Waals surface area contributed by atoms with Crippen LogP contribution in [0.5, 0.6) is 0 Å². The molecule has 1 rings (SSSR count). The van der Waals surface area contributed by atoms with Crippen LogP contribution in [-0.2, 0) is 0 Å². The molecule has 1 aromatic carbocycles. The van der Waals surface area contributed by atoms with Crippen molar-refractivity contribution in [1.82, 2.24) is 0 Å². The summed E-state index contributed by atoms with van der Waals surface area (Å²) in [6.07, 6.45) is 1.17. The molecule has 0 heterocycles. The molecule has 0 aliphatic rings. The highest BCUT2D eigenvalue weighted by atomic mass is 16.3. The first-order valence-electron chi connectivity index (χ1n) is 5.58. The van der Waals surface area contributed by atoms with Crippen LogP contribution in [0.3, 0.4) is 0 Å². The lowest BCUT2D eigenvalue weighted by Gasteiger charge is -2.18. The standard InChI is InChI=1S/C13H21NO/c1-10(2)8-12(15)9-13(14)11-6-4-3-5-7-11/h3-7,10,12-13,15H,8-9,14H2,1-2H3/t12-,13-/m1/s1. The minimum absolute atomic E-state index is 0.0556. The summed E-state index contributed by atoms with van der Waals surface area (Å²) in [6.45, 7) is 4.22. The van der Waals surface area contributed by atoms with Gasteiger partial charge in [0.2, 0.25) is 0 Å². The Hall–Kier alpha value is -0.860. The second-order valence-electron chi connectivity index (χ2n) is 4.54. The predicted molar refractivity (Wildman–Crippen MR) is 63.4 cm³/mol. The van der Waals surface area contributed by atoms with E-state index in [9.17, 15) is 5.11 Å². The molecule has 1 aromatic rings.